The van der Waals surface area contributed by atoms with E-state index >= 15 is 0 Å². The van der Waals surface area contributed by atoms with Crippen molar-refractivity contribution in [1.82, 2.24) is 24.9 Å². The summed E-state index contributed by atoms with van der Waals surface area (Å²) < 4.78 is 9.81. The molecule has 0 radical (unpaired) electrons. The Labute approximate surface area is 157 Å². The van der Waals surface area contributed by atoms with Crippen LogP contribution >= 0.6 is 0 Å². The van der Waals surface area contributed by atoms with Crippen LogP contribution in [0.4, 0.5) is 0 Å². The fraction of sp³-hybridized carbons (Fsp3) is 0.350. The van der Waals surface area contributed by atoms with Crippen molar-refractivity contribution in [3.8, 4) is 23.4 Å². The van der Waals surface area contributed by atoms with Crippen molar-refractivity contribution in [1.29, 1.82) is 5.26 Å². The van der Waals surface area contributed by atoms with E-state index in [9.17, 15) is 5.26 Å². The van der Waals surface area contributed by atoms with Gasteiger partial charge in [0.05, 0.1) is 23.0 Å². The molecule has 7 nitrogen and oxygen atoms in total. The van der Waals surface area contributed by atoms with Gasteiger partial charge < -0.3 is 10.1 Å². The summed E-state index contributed by atoms with van der Waals surface area (Å²) in [6, 6.07) is 9.63. The maximum absolute atomic E-state index is 9.31. The number of nitrogens with zero attached hydrogens (tertiary/aromatic N) is 5. The highest BCUT2D eigenvalue weighted by atomic mass is 16.5. The van der Waals surface area contributed by atoms with Crippen molar-refractivity contribution in [3.63, 3.8) is 0 Å². The van der Waals surface area contributed by atoms with Gasteiger partial charge in [0.15, 0.2) is 5.75 Å². The van der Waals surface area contributed by atoms with E-state index in [1.807, 2.05) is 30.1 Å². The maximum atomic E-state index is 9.31. The molecule has 0 saturated heterocycles. The summed E-state index contributed by atoms with van der Waals surface area (Å²) in [7, 11) is 1.88. The zero-order valence-electron chi connectivity index (χ0n) is 15.1. The van der Waals surface area contributed by atoms with Gasteiger partial charge >= 0.3 is 0 Å². The number of fused-ring (bicyclic) bond motifs is 1. The van der Waals surface area contributed by atoms with Crippen LogP contribution in [0.3, 0.4) is 0 Å². The zero-order valence-corrected chi connectivity index (χ0v) is 15.1. The monoisotopic (exact) mass is 360 g/mol. The fourth-order valence-electron chi connectivity index (χ4n) is 3.47. The molecule has 2 aromatic heterocycles. The summed E-state index contributed by atoms with van der Waals surface area (Å²) in [6.07, 6.45) is 5.34. The average molecular weight is 360 g/mol. The minimum absolute atomic E-state index is 0.553. The summed E-state index contributed by atoms with van der Waals surface area (Å²) in [4.78, 5) is 0. The average Bonchev–Trinajstić information content (AvgIpc) is 3.35. The van der Waals surface area contributed by atoms with E-state index in [1.54, 1.807) is 16.8 Å². The van der Waals surface area contributed by atoms with Crippen molar-refractivity contribution in [2.24, 2.45) is 7.05 Å². The smallest absolute Gasteiger partial charge is 0.217 e. The fourth-order valence-corrected chi connectivity index (χ4v) is 3.47. The molecule has 27 heavy (non-hydrogen) atoms. The molecule has 1 N–H and O–H groups in total. The lowest BCUT2D eigenvalue weighted by molar-refractivity contribution is 0.427. The number of aryl methyl sites for hydroxylation is 1. The van der Waals surface area contributed by atoms with Crippen LogP contribution in [0.2, 0.25) is 0 Å². The molecular weight excluding hydrogens is 340 g/mol. The molecule has 3 aromatic rings. The second-order valence-corrected chi connectivity index (χ2v) is 7.17. The molecule has 1 aliphatic carbocycles. The third-order valence-electron chi connectivity index (χ3n) is 5.13. The van der Waals surface area contributed by atoms with Gasteiger partial charge in [-0.15, -0.1) is 0 Å². The number of aromatic nitrogens is 4. The first-order valence-electron chi connectivity index (χ1n) is 9.26. The van der Waals surface area contributed by atoms with Crippen LogP contribution in [0.5, 0.6) is 11.6 Å². The molecule has 0 bridgehead atoms. The SMILES string of the molecule is Cn1nc(C2CC2)cc1Oc1cc(C#N)ccc1-n1cc2c(n1)CCNC2. The van der Waals surface area contributed by atoms with Crippen LogP contribution in [0, 0.1) is 11.3 Å². The van der Waals surface area contributed by atoms with Crippen LogP contribution in [0.15, 0.2) is 30.5 Å². The Morgan fingerprint density at radius 3 is 2.93 bits per heavy atom. The lowest BCUT2D eigenvalue weighted by atomic mass is 10.1. The highest BCUT2D eigenvalue weighted by Gasteiger charge is 2.27. The number of ether oxygens (including phenoxy) is 1. The van der Waals surface area contributed by atoms with Crippen molar-refractivity contribution >= 4 is 0 Å². The molecule has 0 atom stereocenters. The van der Waals surface area contributed by atoms with Crippen LogP contribution in [-0.2, 0) is 20.0 Å². The number of rotatable bonds is 4. The molecule has 7 heteroatoms. The minimum Gasteiger partial charge on any atom is -0.437 e. The van der Waals surface area contributed by atoms with Gasteiger partial charge in [-0.05, 0) is 25.0 Å². The summed E-state index contributed by atoms with van der Waals surface area (Å²) in [5.74, 6) is 1.84. The number of hydrogen-bond donors (Lipinski definition) is 1. The van der Waals surface area contributed by atoms with Gasteiger partial charge in [0, 0.05) is 56.4 Å². The van der Waals surface area contributed by atoms with E-state index in [0.29, 0.717) is 23.1 Å². The summed E-state index contributed by atoms with van der Waals surface area (Å²) in [5, 5.41) is 22.0. The van der Waals surface area contributed by atoms with Crippen LogP contribution in [0.1, 0.15) is 41.3 Å². The highest BCUT2D eigenvalue weighted by Crippen LogP contribution is 2.41. The number of hydrogen-bond acceptors (Lipinski definition) is 5. The predicted octanol–water partition coefficient (Wildman–Crippen LogP) is 2.79. The third-order valence-corrected chi connectivity index (χ3v) is 5.13. The second-order valence-electron chi connectivity index (χ2n) is 7.17. The predicted molar refractivity (Wildman–Crippen MR) is 98.9 cm³/mol. The highest BCUT2D eigenvalue weighted by molar-refractivity contribution is 5.53. The molecule has 1 aromatic carbocycles. The number of benzene rings is 1. The van der Waals surface area contributed by atoms with E-state index in [2.05, 4.69) is 16.5 Å². The molecule has 1 fully saturated rings. The molecule has 136 valence electrons. The maximum Gasteiger partial charge on any atom is 0.217 e. The van der Waals surface area contributed by atoms with E-state index < -0.39 is 0 Å². The number of nitrogens with one attached hydrogen (secondary N) is 1. The number of nitriles is 1. The van der Waals surface area contributed by atoms with Crippen LogP contribution in [-0.4, -0.2) is 26.1 Å². The molecule has 5 rings (SSSR count). The van der Waals surface area contributed by atoms with E-state index in [-0.39, 0.29) is 0 Å². The Bertz CT molecular complexity index is 1030. The lowest BCUT2D eigenvalue weighted by Crippen LogP contribution is -2.22. The summed E-state index contributed by atoms with van der Waals surface area (Å²) >= 11 is 0. The van der Waals surface area contributed by atoms with Crippen molar-refractivity contribution in [2.75, 3.05) is 6.54 Å². The first-order chi connectivity index (χ1) is 13.2. The molecule has 0 spiro atoms. The van der Waals surface area contributed by atoms with Gasteiger partial charge in [-0.3, -0.25) is 0 Å². The minimum atomic E-state index is 0.553. The van der Waals surface area contributed by atoms with Crippen molar-refractivity contribution in [3.05, 3.63) is 53.0 Å². The largest absolute Gasteiger partial charge is 0.437 e. The zero-order chi connectivity index (χ0) is 18.4. The first kappa shape index (κ1) is 16.1. The normalized spacial score (nSPS) is 16.0. The molecular formula is C20H20N6O. The molecule has 3 heterocycles. The Balaban J connectivity index is 1.54. The lowest BCUT2D eigenvalue weighted by Gasteiger charge is -2.11. The topological polar surface area (TPSA) is 80.7 Å². The molecule has 0 unspecified atom stereocenters. The Morgan fingerprint density at radius 1 is 1.26 bits per heavy atom. The summed E-state index contributed by atoms with van der Waals surface area (Å²) in [6.45, 7) is 1.77. The second kappa shape index (κ2) is 6.25. The van der Waals surface area contributed by atoms with Crippen molar-refractivity contribution < 1.29 is 4.74 Å². The van der Waals surface area contributed by atoms with Gasteiger partial charge in [-0.1, -0.05) is 0 Å². The standard InChI is InChI=1S/C20H20N6O/c1-25-20(9-17(23-25)14-3-4-14)27-19-8-13(10-21)2-5-18(19)26-12-15-11-22-7-6-16(15)24-26/h2,5,8-9,12,14,22H,3-4,6-7,11H2,1H3. The van der Waals surface area contributed by atoms with Crippen molar-refractivity contribution in [2.45, 2.75) is 31.7 Å². The van der Waals surface area contributed by atoms with Gasteiger partial charge in [-0.25, -0.2) is 9.36 Å². The summed E-state index contributed by atoms with van der Waals surface area (Å²) in [5.41, 5.74) is 4.76. The van der Waals surface area contributed by atoms with Gasteiger partial charge in [-0.2, -0.15) is 15.5 Å². The third kappa shape index (κ3) is 2.98. The van der Waals surface area contributed by atoms with Crippen LogP contribution in [0.25, 0.3) is 5.69 Å². The molecule has 0 amide bonds. The van der Waals surface area contributed by atoms with E-state index in [4.69, 9.17) is 9.84 Å². The quantitative estimate of drug-likeness (QED) is 0.774. The van der Waals surface area contributed by atoms with Crippen LogP contribution < -0.4 is 10.1 Å². The van der Waals surface area contributed by atoms with Gasteiger partial charge in [0.25, 0.3) is 0 Å². The van der Waals surface area contributed by atoms with Gasteiger partial charge in [0.1, 0.15) is 5.69 Å². The molecule has 2 aliphatic rings. The Kier molecular flexibility index (Phi) is 3.73. The van der Waals surface area contributed by atoms with E-state index in [1.165, 1.54) is 18.4 Å². The first-order valence-corrected chi connectivity index (χ1v) is 9.26. The Morgan fingerprint density at radius 2 is 2.15 bits per heavy atom. The molecule has 1 saturated carbocycles. The van der Waals surface area contributed by atoms with E-state index in [0.717, 1.165) is 36.6 Å². The molecule has 1 aliphatic heterocycles. The Hall–Kier alpha value is -3.11. The van der Waals surface area contributed by atoms with Gasteiger partial charge in [0.2, 0.25) is 5.88 Å².